The molecule has 0 saturated heterocycles. The number of hydrogen-bond acceptors (Lipinski definition) is 7. The standard InChI is InChI=1S/C29H25ClN2O7/c1-12-6-5-7-14-9-16(28(36)32-24(12)14)15-10-20(33)31-17-8-13(2)29(26(34)21(15)17)27(35)22-18(37-3)11-19(38-4)23(30)25(22)39-29/h5-7,9,11,13,15H,8,10H2,1-4H3,(H,31,33)(H,32,36)/t13-,15+,29+/m1/s1. The summed E-state index contributed by atoms with van der Waals surface area (Å²) in [5, 5.41) is 3.63. The molecule has 3 heterocycles. The van der Waals surface area contributed by atoms with Crippen molar-refractivity contribution >= 4 is 40.0 Å². The zero-order valence-electron chi connectivity index (χ0n) is 21.7. The highest BCUT2D eigenvalue weighted by molar-refractivity contribution is 6.36. The number of ketones is 2. The van der Waals surface area contributed by atoms with E-state index in [0.717, 1.165) is 10.9 Å². The number of aromatic nitrogens is 1. The summed E-state index contributed by atoms with van der Waals surface area (Å²) in [7, 11) is 2.82. The van der Waals surface area contributed by atoms with Crippen LogP contribution >= 0.6 is 11.6 Å². The molecule has 200 valence electrons. The van der Waals surface area contributed by atoms with E-state index in [1.807, 2.05) is 25.1 Å². The number of rotatable bonds is 3. The van der Waals surface area contributed by atoms with Gasteiger partial charge in [-0.05, 0) is 30.4 Å². The number of amides is 1. The first kappa shape index (κ1) is 25.2. The molecule has 10 heteroatoms. The molecule has 2 aliphatic heterocycles. The molecule has 3 aromatic rings. The fourth-order valence-electron chi connectivity index (χ4n) is 6.11. The van der Waals surface area contributed by atoms with Crippen molar-refractivity contribution in [3.05, 3.63) is 73.7 Å². The lowest BCUT2D eigenvalue weighted by molar-refractivity contribution is -0.131. The first-order valence-electron chi connectivity index (χ1n) is 12.5. The Morgan fingerprint density at radius 2 is 1.77 bits per heavy atom. The smallest absolute Gasteiger partial charge is 0.252 e. The first-order chi connectivity index (χ1) is 18.6. The highest BCUT2D eigenvalue weighted by Gasteiger charge is 2.63. The Morgan fingerprint density at radius 1 is 1.03 bits per heavy atom. The lowest BCUT2D eigenvalue weighted by atomic mass is 9.66. The molecular weight excluding hydrogens is 524 g/mol. The summed E-state index contributed by atoms with van der Waals surface area (Å²) in [4.78, 5) is 57.6. The lowest BCUT2D eigenvalue weighted by Crippen LogP contribution is -2.59. The Morgan fingerprint density at radius 3 is 2.49 bits per heavy atom. The van der Waals surface area contributed by atoms with Gasteiger partial charge in [0.05, 0.1) is 19.7 Å². The number of hydrogen-bond donors (Lipinski definition) is 2. The van der Waals surface area contributed by atoms with Gasteiger partial charge < -0.3 is 24.5 Å². The van der Waals surface area contributed by atoms with Crippen molar-refractivity contribution in [3.8, 4) is 17.2 Å². The third kappa shape index (κ3) is 3.39. The van der Waals surface area contributed by atoms with Crippen LogP contribution in [0, 0.1) is 12.8 Å². The quantitative estimate of drug-likeness (QED) is 0.474. The minimum atomic E-state index is -1.94. The molecule has 0 bridgehead atoms. The number of carbonyl (C=O) groups excluding carboxylic acids is 3. The third-order valence-corrected chi connectivity index (χ3v) is 8.41. The van der Waals surface area contributed by atoms with Crippen LogP contribution in [-0.4, -0.2) is 42.3 Å². The van der Waals surface area contributed by atoms with E-state index in [2.05, 4.69) is 10.3 Å². The number of methoxy groups -OCH3 is 2. The lowest BCUT2D eigenvalue weighted by Gasteiger charge is -2.41. The number of ether oxygens (including phenoxy) is 3. The summed E-state index contributed by atoms with van der Waals surface area (Å²) in [6, 6.07) is 8.80. The zero-order chi connectivity index (χ0) is 27.8. The van der Waals surface area contributed by atoms with Crippen LogP contribution in [0.2, 0.25) is 5.02 Å². The Bertz CT molecular complexity index is 1720. The maximum Gasteiger partial charge on any atom is 0.252 e. The molecule has 3 atom stereocenters. The van der Waals surface area contributed by atoms with Crippen molar-refractivity contribution < 1.29 is 28.6 Å². The number of fused-ring (bicyclic) bond motifs is 2. The SMILES string of the molecule is COc1cc(OC)c2c(c1Cl)O[C@@]1(C(=O)C3=C(C[C@H]1C)NC(=O)C[C@H]3c1cc3cccc(C)c3[nH]c1=O)C2=O. The van der Waals surface area contributed by atoms with Crippen molar-refractivity contribution in [2.45, 2.75) is 38.2 Å². The van der Waals surface area contributed by atoms with Gasteiger partial charge in [0.2, 0.25) is 23.1 Å². The van der Waals surface area contributed by atoms with Crippen LogP contribution < -0.4 is 25.1 Å². The second kappa shape index (κ2) is 8.71. The zero-order valence-corrected chi connectivity index (χ0v) is 22.4. The molecule has 1 spiro atoms. The van der Waals surface area contributed by atoms with Gasteiger partial charge in [-0.25, -0.2) is 0 Å². The summed E-state index contributed by atoms with van der Waals surface area (Å²) in [5.74, 6) is -2.62. The number of nitrogens with one attached hydrogen (secondary N) is 2. The number of H-pyrrole nitrogens is 1. The maximum absolute atomic E-state index is 14.5. The molecule has 6 rings (SSSR count). The summed E-state index contributed by atoms with van der Waals surface area (Å²) in [6.07, 6.45) is 0.0409. The van der Waals surface area contributed by atoms with E-state index < -0.39 is 34.6 Å². The predicted molar refractivity (Wildman–Crippen MR) is 143 cm³/mol. The van der Waals surface area contributed by atoms with Crippen LogP contribution in [0.1, 0.15) is 47.2 Å². The highest BCUT2D eigenvalue weighted by atomic mass is 35.5. The van der Waals surface area contributed by atoms with Crippen LogP contribution in [-0.2, 0) is 9.59 Å². The molecule has 39 heavy (non-hydrogen) atoms. The maximum atomic E-state index is 14.5. The van der Waals surface area contributed by atoms with Crippen molar-refractivity contribution in [1.82, 2.24) is 10.3 Å². The molecule has 0 radical (unpaired) electrons. The highest BCUT2D eigenvalue weighted by Crippen LogP contribution is 2.55. The largest absolute Gasteiger partial charge is 0.496 e. The van der Waals surface area contributed by atoms with E-state index in [0.29, 0.717) is 11.2 Å². The number of aromatic amines is 1. The minimum Gasteiger partial charge on any atom is -0.496 e. The number of carbonyl (C=O) groups is 3. The molecular formula is C29H25ClN2O7. The Kier molecular flexibility index (Phi) is 5.62. The molecule has 9 nitrogen and oxygen atoms in total. The number of allylic oxidation sites excluding steroid dienone is 1. The van der Waals surface area contributed by atoms with Crippen LogP contribution in [0.15, 0.2) is 46.4 Å². The van der Waals surface area contributed by atoms with Gasteiger partial charge in [-0.15, -0.1) is 0 Å². The van der Waals surface area contributed by atoms with E-state index in [4.69, 9.17) is 25.8 Å². The van der Waals surface area contributed by atoms with Gasteiger partial charge in [-0.3, -0.25) is 19.2 Å². The van der Waals surface area contributed by atoms with Crippen molar-refractivity contribution in [3.63, 3.8) is 0 Å². The topological polar surface area (TPSA) is 124 Å². The van der Waals surface area contributed by atoms with E-state index in [-0.39, 0.29) is 57.7 Å². The van der Waals surface area contributed by atoms with E-state index in [1.54, 1.807) is 13.0 Å². The molecule has 2 N–H and O–H groups in total. The summed E-state index contributed by atoms with van der Waals surface area (Å²) in [6.45, 7) is 3.60. The summed E-state index contributed by atoms with van der Waals surface area (Å²) >= 11 is 6.53. The van der Waals surface area contributed by atoms with Gasteiger partial charge in [-0.1, -0.05) is 36.7 Å². The van der Waals surface area contributed by atoms with Crippen molar-refractivity contribution in [1.29, 1.82) is 0 Å². The number of aryl methyl sites for hydroxylation is 1. The molecule has 1 aliphatic carbocycles. The molecule has 1 aromatic heterocycles. The van der Waals surface area contributed by atoms with Crippen LogP contribution in [0.3, 0.4) is 0 Å². The molecule has 0 fully saturated rings. The van der Waals surface area contributed by atoms with Crippen LogP contribution in [0.25, 0.3) is 10.9 Å². The van der Waals surface area contributed by atoms with Gasteiger partial charge >= 0.3 is 0 Å². The molecule has 1 amide bonds. The van der Waals surface area contributed by atoms with E-state index >= 15 is 0 Å². The van der Waals surface area contributed by atoms with E-state index in [1.165, 1.54) is 20.3 Å². The van der Waals surface area contributed by atoms with Crippen molar-refractivity contribution in [2.75, 3.05) is 14.2 Å². The van der Waals surface area contributed by atoms with Gasteiger partial charge in [0, 0.05) is 41.2 Å². The number of benzene rings is 2. The fraction of sp³-hybridized carbons (Fsp3) is 0.310. The number of para-hydroxylation sites is 1. The van der Waals surface area contributed by atoms with Crippen molar-refractivity contribution in [2.24, 2.45) is 5.92 Å². The van der Waals surface area contributed by atoms with Gasteiger partial charge in [0.15, 0.2) is 5.75 Å². The molecule has 3 aliphatic rings. The molecule has 0 saturated carbocycles. The number of Topliss-reactive ketones (excluding diaryl/α,β-unsaturated/α-hetero) is 2. The summed E-state index contributed by atoms with van der Waals surface area (Å²) < 4.78 is 17.0. The average molecular weight is 549 g/mol. The monoisotopic (exact) mass is 548 g/mol. The summed E-state index contributed by atoms with van der Waals surface area (Å²) in [5.41, 5.74) is 0.144. The first-order valence-corrected chi connectivity index (χ1v) is 12.9. The minimum absolute atomic E-state index is 0.0116. The second-order valence-electron chi connectivity index (χ2n) is 10.2. The average Bonchev–Trinajstić information content (AvgIpc) is 3.22. The molecule has 2 aromatic carbocycles. The molecule has 0 unspecified atom stereocenters. The van der Waals surface area contributed by atoms with Crippen LogP contribution in [0.5, 0.6) is 17.2 Å². The van der Waals surface area contributed by atoms with Crippen LogP contribution in [0.4, 0.5) is 0 Å². The second-order valence-corrected chi connectivity index (χ2v) is 10.6. The number of halogens is 1. The fourth-order valence-corrected chi connectivity index (χ4v) is 6.38. The Labute approximate surface area is 228 Å². The predicted octanol–water partition coefficient (Wildman–Crippen LogP) is 3.99. The van der Waals surface area contributed by atoms with Gasteiger partial charge in [-0.2, -0.15) is 0 Å². The van der Waals surface area contributed by atoms with Gasteiger partial charge in [0.1, 0.15) is 22.1 Å². The normalized spacial score (nSPS) is 24.0. The van der Waals surface area contributed by atoms with E-state index in [9.17, 15) is 19.2 Å². The Hall–Kier alpha value is -4.11. The number of pyridine rings is 1. The Balaban J connectivity index is 1.53. The van der Waals surface area contributed by atoms with Gasteiger partial charge in [0.25, 0.3) is 5.56 Å². The third-order valence-electron chi connectivity index (χ3n) is 8.05.